The molecule has 2 aromatic rings. The topological polar surface area (TPSA) is 42.9 Å². The minimum atomic E-state index is -0.983. The number of aromatic nitrogens is 2. The number of hydrogen-bond acceptors (Lipinski definition) is 3. The summed E-state index contributed by atoms with van der Waals surface area (Å²) in [5, 5.41) is 7.08. The molecule has 0 fully saturated rings. The zero-order chi connectivity index (χ0) is 12.3. The maximum absolute atomic E-state index is 13.3. The highest BCUT2D eigenvalue weighted by Gasteiger charge is 2.13. The first-order chi connectivity index (χ1) is 8.18. The van der Waals surface area contributed by atoms with Crippen molar-refractivity contribution >= 4 is 5.78 Å². The first kappa shape index (κ1) is 11.3. The first-order valence-corrected chi connectivity index (χ1v) is 4.91. The summed E-state index contributed by atoms with van der Waals surface area (Å²) in [7, 11) is 0. The predicted octanol–water partition coefficient (Wildman–Crippen LogP) is 2.18. The van der Waals surface area contributed by atoms with Crippen molar-refractivity contribution in [3.63, 3.8) is 0 Å². The highest BCUT2D eigenvalue weighted by Crippen LogP contribution is 2.13. The molecule has 0 aliphatic rings. The van der Waals surface area contributed by atoms with Gasteiger partial charge >= 0.3 is 0 Å². The van der Waals surface area contributed by atoms with Crippen LogP contribution in [-0.2, 0) is 6.42 Å². The molecule has 86 valence electrons. The van der Waals surface area contributed by atoms with Crippen LogP contribution in [0.1, 0.15) is 15.9 Å². The van der Waals surface area contributed by atoms with Gasteiger partial charge < -0.3 is 0 Å². The van der Waals surface area contributed by atoms with Crippen LogP contribution in [0.25, 0.3) is 0 Å². The van der Waals surface area contributed by atoms with Gasteiger partial charge in [-0.2, -0.15) is 10.2 Å². The molecule has 0 saturated carbocycles. The molecule has 0 saturated heterocycles. The number of carbonyl (C=O) groups is 1. The summed E-state index contributed by atoms with van der Waals surface area (Å²) < 4.78 is 26.2. The van der Waals surface area contributed by atoms with Gasteiger partial charge in [-0.3, -0.25) is 4.79 Å². The zero-order valence-electron chi connectivity index (χ0n) is 8.73. The molecular weight excluding hydrogens is 226 g/mol. The molecule has 3 nitrogen and oxygen atoms in total. The Hall–Kier alpha value is -2.17. The minimum absolute atomic E-state index is 0.0341. The number of rotatable bonds is 3. The molecule has 0 N–H and O–H groups in total. The van der Waals surface area contributed by atoms with Crippen LogP contribution in [0.3, 0.4) is 0 Å². The third-order valence-electron chi connectivity index (χ3n) is 2.29. The third-order valence-corrected chi connectivity index (χ3v) is 2.29. The van der Waals surface area contributed by atoms with Crippen LogP contribution in [-0.4, -0.2) is 16.0 Å². The summed E-state index contributed by atoms with van der Waals surface area (Å²) in [6.07, 6.45) is 2.46. The number of hydrogen-bond donors (Lipinski definition) is 0. The third kappa shape index (κ3) is 2.50. The molecule has 0 bridgehead atoms. The molecule has 0 radical (unpaired) electrons. The Balaban J connectivity index is 2.22. The lowest BCUT2D eigenvalue weighted by Crippen LogP contribution is -2.06. The highest BCUT2D eigenvalue weighted by molar-refractivity contribution is 5.97. The van der Waals surface area contributed by atoms with Crippen molar-refractivity contribution in [2.24, 2.45) is 0 Å². The normalized spacial score (nSPS) is 10.2. The van der Waals surface area contributed by atoms with E-state index in [1.54, 1.807) is 0 Å². The van der Waals surface area contributed by atoms with Gasteiger partial charge in [-0.1, -0.05) is 12.1 Å². The van der Waals surface area contributed by atoms with Crippen molar-refractivity contribution in [2.75, 3.05) is 0 Å². The van der Waals surface area contributed by atoms with Crippen molar-refractivity contribution in [3.8, 4) is 0 Å². The van der Waals surface area contributed by atoms with E-state index in [1.165, 1.54) is 30.6 Å². The summed E-state index contributed by atoms with van der Waals surface area (Å²) in [4.78, 5) is 11.7. The Morgan fingerprint density at radius 2 is 2.00 bits per heavy atom. The Morgan fingerprint density at radius 3 is 2.71 bits per heavy atom. The molecule has 5 heteroatoms. The quantitative estimate of drug-likeness (QED) is 0.764. The van der Waals surface area contributed by atoms with Crippen molar-refractivity contribution in [1.29, 1.82) is 0 Å². The Kier molecular flexibility index (Phi) is 3.18. The fraction of sp³-hybridized carbons (Fsp3) is 0.0833. The summed E-state index contributed by atoms with van der Waals surface area (Å²) in [5.41, 5.74) is 0.357. The minimum Gasteiger partial charge on any atom is -0.294 e. The van der Waals surface area contributed by atoms with E-state index < -0.39 is 11.6 Å². The molecule has 2 rings (SSSR count). The van der Waals surface area contributed by atoms with Gasteiger partial charge in [0.25, 0.3) is 0 Å². The second-order valence-corrected chi connectivity index (χ2v) is 3.44. The number of ketones is 1. The van der Waals surface area contributed by atoms with E-state index in [0.29, 0.717) is 5.56 Å². The second-order valence-electron chi connectivity index (χ2n) is 3.44. The highest BCUT2D eigenvalue weighted by atomic mass is 19.2. The van der Waals surface area contributed by atoms with E-state index in [9.17, 15) is 13.6 Å². The van der Waals surface area contributed by atoms with Crippen LogP contribution in [0, 0.1) is 11.6 Å². The number of nitrogens with zero attached hydrogens (tertiary/aromatic N) is 2. The smallest absolute Gasteiger partial charge is 0.169 e. The maximum atomic E-state index is 13.3. The molecule has 0 aliphatic carbocycles. The van der Waals surface area contributed by atoms with Crippen molar-refractivity contribution in [2.45, 2.75) is 6.42 Å². The van der Waals surface area contributed by atoms with Gasteiger partial charge in [0.2, 0.25) is 0 Å². The number of benzene rings is 1. The van der Waals surface area contributed by atoms with Gasteiger partial charge in [0.05, 0.1) is 12.4 Å². The Morgan fingerprint density at radius 1 is 1.18 bits per heavy atom. The van der Waals surface area contributed by atoms with Crippen molar-refractivity contribution in [1.82, 2.24) is 10.2 Å². The molecule has 1 heterocycles. The average Bonchev–Trinajstić information content (AvgIpc) is 2.36. The largest absolute Gasteiger partial charge is 0.294 e. The molecule has 0 atom stereocenters. The second kappa shape index (κ2) is 4.78. The molecule has 1 aromatic carbocycles. The van der Waals surface area contributed by atoms with Crippen molar-refractivity contribution < 1.29 is 13.6 Å². The lowest BCUT2D eigenvalue weighted by Gasteiger charge is -2.02. The Bertz CT molecular complexity index is 543. The molecule has 17 heavy (non-hydrogen) atoms. The van der Waals surface area contributed by atoms with E-state index in [0.717, 1.165) is 6.07 Å². The number of halogens is 2. The summed E-state index contributed by atoms with van der Waals surface area (Å²) >= 11 is 0. The average molecular weight is 234 g/mol. The van der Waals surface area contributed by atoms with Crippen LogP contribution in [0.4, 0.5) is 8.78 Å². The molecule has 0 spiro atoms. The van der Waals surface area contributed by atoms with Crippen LogP contribution >= 0.6 is 0 Å². The van der Waals surface area contributed by atoms with Crippen LogP contribution in [0.5, 0.6) is 0 Å². The summed E-state index contributed by atoms with van der Waals surface area (Å²) in [6, 6.07) is 5.24. The zero-order valence-corrected chi connectivity index (χ0v) is 8.73. The number of carbonyl (C=O) groups excluding carboxylic acids is 1. The lowest BCUT2D eigenvalue weighted by atomic mass is 10.0. The van der Waals surface area contributed by atoms with E-state index in [2.05, 4.69) is 10.2 Å². The standard InChI is InChI=1S/C12H8F2N2O/c13-10-3-1-2-8(12(10)14)6-11(17)9-4-5-15-16-7-9/h1-5,7H,6H2. The molecule has 1 aromatic heterocycles. The first-order valence-electron chi connectivity index (χ1n) is 4.91. The van der Waals surface area contributed by atoms with Crippen LogP contribution in [0.2, 0.25) is 0 Å². The SMILES string of the molecule is O=C(Cc1cccc(F)c1F)c1ccnnc1. The summed E-state index contributed by atoms with van der Waals surface area (Å²) in [5.74, 6) is -2.27. The number of Topliss-reactive ketones (excluding diaryl/α,β-unsaturated/α-hetero) is 1. The molecular formula is C12H8F2N2O. The molecule has 0 amide bonds. The Labute approximate surface area is 96.1 Å². The van der Waals surface area contributed by atoms with Crippen LogP contribution in [0.15, 0.2) is 36.7 Å². The van der Waals surface area contributed by atoms with Gasteiger partial charge in [0.1, 0.15) is 0 Å². The maximum Gasteiger partial charge on any atom is 0.169 e. The van der Waals surface area contributed by atoms with E-state index >= 15 is 0 Å². The van der Waals surface area contributed by atoms with Crippen LogP contribution < -0.4 is 0 Å². The summed E-state index contributed by atoms with van der Waals surface area (Å²) in [6.45, 7) is 0. The lowest BCUT2D eigenvalue weighted by molar-refractivity contribution is 0.0991. The fourth-order valence-corrected chi connectivity index (χ4v) is 1.42. The van der Waals surface area contributed by atoms with Crippen molar-refractivity contribution in [3.05, 3.63) is 59.4 Å². The van der Waals surface area contributed by atoms with E-state index in [4.69, 9.17) is 0 Å². The van der Waals surface area contributed by atoms with Gasteiger partial charge in [0, 0.05) is 12.0 Å². The molecule has 0 aliphatic heterocycles. The van der Waals surface area contributed by atoms with Gasteiger partial charge in [-0.15, -0.1) is 0 Å². The van der Waals surface area contributed by atoms with Gasteiger partial charge in [-0.25, -0.2) is 8.78 Å². The van der Waals surface area contributed by atoms with E-state index in [-0.39, 0.29) is 17.8 Å². The monoisotopic (exact) mass is 234 g/mol. The molecule has 0 unspecified atom stereocenters. The fourth-order valence-electron chi connectivity index (χ4n) is 1.42. The predicted molar refractivity (Wildman–Crippen MR) is 56.4 cm³/mol. The van der Waals surface area contributed by atoms with Gasteiger partial charge in [0.15, 0.2) is 17.4 Å². The van der Waals surface area contributed by atoms with E-state index in [1.807, 2.05) is 0 Å². The van der Waals surface area contributed by atoms with Gasteiger partial charge in [-0.05, 0) is 17.7 Å².